The van der Waals surface area contributed by atoms with Gasteiger partial charge in [0.05, 0.1) is 5.52 Å². The van der Waals surface area contributed by atoms with Crippen molar-refractivity contribution in [1.29, 1.82) is 5.41 Å². The van der Waals surface area contributed by atoms with E-state index in [4.69, 9.17) is 10.4 Å². The third kappa shape index (κ3) is 2.09. The molecule has 0 aliphatic heterocycles. The highest BCUT2D eigenvalue weighted by Crippen LogP contribution is 2.27. The van der Waals surface area contributed by atoms with E-state index in [-0.39, 0.29) is 0 Å². The first kappa shape index (κ1) is 13.6. The highest BCUT2D eigenvalue weighted by atomic mass is 15.2. The average Bonchev–Trinajstić information content (AvgIpc) is 3.04. The molecule has 0 aliphatic rings. The fraction of sp³-hybridized carbons (Fsp3) is 0.111. The molecule has 5 nitrogen and oxygen atoms in total. The third-order valence-electron chi connectivity index (χ3n) is 3.92. The Morgan fingerprint density at radius 3 is 2.65 bits per heavy atom. The Kier molecular flexibility index (Phi) is 2.94. The maximum atomic E-state index is 8.08. The third-order valence-corrected chi connectivity index (χ3v) is 3.92. The van der Waals surface area contributed by atoms with E-state index in [1.807, 2.05) is 53.8 Å². The first-order valence-corrected chi connectivity index (χ1v) is 7.40. The predicted octanol–water partition coefficient (Wildman–Crippen LogP) is 3.64. The lowest BCUT2D eigenvalue weighted by Gasteiger charge is -2.11. The maximum absolute atomic E-state index is 8.08. The summed E-state index contributed by atoms with van der Waals surface area (Å²) in [6, 6.07) is 14.0. The van der Waals surface area contributed by atoms with Gasteiger partial charge in [-0.2, -0.15) is 0 Å². The summed E-state index contributed by atoms with van der Waals surface area (Å²) < 4.78 is 1.90. The molecule has 0 saturated carbocycles. The maximum Gasteiger partial charge on any atom is 0.171 e. The van der Waals surface area contributed by atoms with Gasteiger partial charge in [0.1, 0.15) is 12.2 Å². The quantitative estimate of drug-likeness (QED) is 0.575. The van der Waals surface area contributed by atoms with Crippen molar-refractivity contribution in [2.24, 2.45) is 0 Å². The average molecular weight is 301 g/mol. The zero-order chi connectivity index (χ0) is 16.0. The van der Waals surface area contributed by atoms with Crippen molar-refractivity contribution < 1.29 is 0 Å². The Labute approximate surface area is 133 Å². The fourth-order valence-electron chi connectivity index (χ4n) is 2.88. The van der Waals surface area contributed by atoms with Crippen LogP contribution in [0.3, 0.4) is 0 Å². The largest absolute Gasteiger partial charge is 0.305 e. The van der Waals surface area contributed by atoms with Crippen molar-refractivity contribution in [3.63, 3.8) is 0 Å². The van der Waals surface area contributed by atoms with Crippen LogP contribution in [0.2, 0.25) is 0 Å². The highest BCUT2D eigenvalue weighted by Gasteiger charge is 2.15. The fourth-order valence-corrected chi connectivity index (χ4v) is 2.88. The van der Waals surface area contributed by atoms with Gasteiger partial charge >= 0.3 is 0 Å². The van der Waals surface area contributed by atoms with Crippen molar-refractivity contribution >= 4 is 22.3 Å². The highest BCUT2D eigenvalue weighted by molar-refractivity contribution is 6.10. The molecule has 0 saturated heterocycles. The summed E-state index contributed by atoms with van der Waals surface area (Å²) >= 11 is 0. The minimum Gasteiger partial charge on any atom is -0.305 e. The zero-order valence-corrected chi connectivity index (χ0v) is 12.9. The van der Waals surface area contributed by atoms with Crippen molar-refractivity contribution in [1.82, 2.24) is 19.6 Å². The van der Waals surface area contributed by atoms with E-state index in [9.17, 15) is 0 Å². The molecule has 4 rings (SSSR count). The van der Waals surface area contributed by atoms with E-state index in [1.54, 1.807) is 13.3 Å². The monoisotopic (exact) mass is 301 g/mol. The van der Waals surface area contributed by atoms with Gasteiger partial charge in [-0.25, -0.2) is 4.98 Å². The van der Waals surface area contributed by atoms with Gasteiger partial charge in [0, 0.05) is 22.2 Å². The van der Waals surface area contributed by atoms with Gasteiger partial charge in [-0.15, -0.1) is 10.2 Å². The molecule has 4 aromatic rings. The molecular formula is C18H15N5. The van der Waals surface area contributed by atoms with Crippen LogP contribution in [-0.2, 0) is 0 Å². The molecule has 0 spiro atoms. The van der Waals surface area contributed by atoms with Gasteiger partial charge in [0.15, 0.2) is 5.65 Å². The van der Waals surface area contributed by atoms with E-state index in [2.05, 4.69) is 10.2 Å². The summed E-state index contributed by atoms with van der Waals surface area (Å²) in [5.74, 6) is 0.782. The second kappa shape index (κ2) is 4.98. The first-order valence-electron chi connectivity index (χ1n) is 7.40. The first-order chi connectivity index (χ1) is 11.1. The number of fused-ring (bicyclic) bond motifs is 3. The van der Waals surface area contributed by atoms with Gasteiger partial charge in [0.2, 0.25) is 0 Å². The molecule has 2 aromatic carbocycles. The van der Waals surface area contributed by atoms with Crippen LogP contribution in [0.4, 0.5) is 0 Å². The van der Waals surface area contributed by atoms with Crippen molar-refractivity contribution in [2.45, 2.75) is 13.8 Å². The second-order valence-electron chi connectivity index (χ2n) is 5.66. The number of nitrogens with zero attached hydrogens (tertiary/aromatic N) is 4. The number of hydrogen-bond donors (Lipinski definition) is 1. The van der Waals surface area contributed by atoms with E-state index in [1.165, 1.54) is 0 Å². The lowest BCUT2D eigenvalue weighted by molar-refractivity contribution is 1.09. The number of nitrogens with one attached hydrogen (secondary N) is 1. The number of rotatable bonds is 2. The number of aryl methyl sites for hydroxylation is 1. The molecule has 1 N–H and O–H groups in total. The van der Waals surface area contributed by atoms with E-state index >= 15 is 0 Å². The van der Waals surface area contributed by atoms with Gasteiger partial charge < -0.3 is 5.41 Å². The van der Waals surface area contributed by atoms with Gasteiger partial charge in [-0.3, -0.25) is 4.40 Å². The van der Waals surface area contributed by atoms with Crippen LogP contribution in [0, 0.1) is 12.3 Å². The molecule has 5 heteroatoms. The Morgan fingerprint density at radius 2 is 1.91 bits per heavy atom. The smallest absolute Gasteiger partial charge is 0.171 e. The van der Waals surface area contributed by atoms with Gasteiger partial charge in [0.25, 0.3) is 0 Å². The molecule has 0 radical (unpaired) electrons. The summed E-state index contributed by atoms with van der Waals surface area (Å²) in [5.41, 5.74) is 4.96. The lowest BCUT2D eigenvalue weighted by Crippen LogP contribution is -2.02. The molecule has 0 aliphatic carbocycles. The number of hydrogen-bond acceptors (Lipinski definition) is 4. The second-order valence-corrected chi connectivity index (χ2v) is 5.66. The Bertz CT molecular complexity index is 1050. The lowest BCUT2D eigenvalue weighted by atomic mass is 10.0. The molecule has 0 atom stereocenters. The van der Waals surface area contributed by atoms with Crippen LogP contribution in [0.5, 0.6) is 0 Å². The molecule has 112 valence electrons. The van der Waals surface area contributed by atoms with Crippen LogP contribution in [0.1, 0.15) is 18.1 Å². The van der Waals surface area contributed by atoms with Crippen LogP contribution < -0.4 is 0 Å². The summed E-state index contributed by atoms with van der Waals surface area (Å²) in [6.07, 6.45) is 1.68. The van der Waals surface area contributed by atoms with Crippen molar-refractivity contribution in [3.05, 3.63) is 59.9 Å². The Hall–Kier alpha value is -3.08. The van der Waals surface area contributed by atoms with Gasteiger partial charge in [-0.1, -0.05) is 30.3 Å². The SMILES string of the molecule is CC(=N)c1cc(C)cc2c1nc(-c1ccccc1)n1cnnc21. The van der Waals surface area contributed by atoms with E-state index in [0.717, 1.165) is 39.1 Å². The standard InChI is InChI=1S/C18H15N5/c1-11-8-14(12(2)19)16-15(9-11)18-22-20-10-23(18)17(21-16)13-6-4-3-5-7-13/h3-10,19H,1-2H3. The Morgan fingerprint density at radius 1 is 1.13 bits per heavy atom. The zero-order valence-electron chi connectivity index (χ0n) is 12.9. The molecule has 0 fully saturated rings. The molecule has 2 aromatic heterocycles. The van der Waals surface area contributed by atoms with E-state index in [0.29, 0.717) is 5.71 Å². The molecule has 0 unspecified atom stereocenters. The minimum absolute atomic E-state index is 0.495. The summed E-state index contributed by atoms with van der Waals surface area (Å²) in [5, 5.41) is 17.3. The van der Waals surface area contributed by atoms with Crippen LogP contribution in [0.15, 0.2) is 48.8 Å². The number of benzene rings is 2. The normalized spacial score (nSPS) is 11.2. The number of aromatic nitrogens is 4. The van der Waals surface area contributed by atoms with Crippen LogP contribution >= 0.6 is 0 Å². The van der Waals surface area contributed by atoms with Crippen molar-refractivity contribution in [2.75, 3.05) is 0 Å². The van der Waals surface area contributed by atoms with Crippen LogP contribution in [-0.4, -0.2) is 25.3 Å². The Balaban J connectivity index is 2.20. The molecule has 23 heavy (non-hydrogen) atoms. The summed E-state index contributed by atoms with van der Waals surface area (Å²) in [6.45, 7) is 3.80. The minimum atomic E-state index is 0.495. The molecule has 0 bridgehead atoms. The predicted molar refractivity (Wildman–Crippen MR) is 91.0 cm³/mol. The van der Waals surface area contributed by atoms with Crippen LogP contribution in [0.25, 0.3) is 27.9 Å². The summed E-state index contributed by atoms with van der Waals surface area (Å²) in [4.78, 5) is 4.85. The van der Waals surface area contributed by atoms with Gasteiger partial charge in [-0.05, 0) is 31.5 Å². The summed E-state index contributed by atoms with van der Waals surface area (Å²) in [7, 11) is 0. The molecule has 2 heterocycles. The molecular weight excluding hydrogens is 286 g/mol. The van der Waals surface area contributed by atoms with E-state index < -0.39 is 0 Å². The van der Waals surface area contributed by atoms with Crippen molar-refractivity contribution in [3.8, 4) is 11.4 Å². The topological polar surface area (TPSA) is 66.9 Å². The molecule has 0 amide bonds.